The number of aryl methyl sites for hydroxylation is 1. The fraction of sp³-hybridized carbons (Fsp3) is 0.714. The summed E-state index contributed by atoms with van der Waals surface area (Å²) in [5.74, 6) is 1.98. The second-order valence-electron chi connectivity index (χ2n) is 2.86. The Morgan fingerprint density at radius 1 is 1.64 bits per heavy atom. The highest BCUT2D eigenvalue weighted by atomic mass is 16.5. The zero-order chi connectivity index (χ0) is 7.68. The molecule has 60 valence electrons. The van der Waals surface area contributed by atoms with E-state index in [1.54, 1.807) is 0 Å². The van der Waals surface area contributed by atoms with Gasteiger partial charge in [0.1, 0.15) is 0 Å². The van der Waals surface area contributed by atoms with Crippen LogP contribution >= 0.6 is 0 Å². The Morgan fingerprint density at radius 2 is 2.55 bits per heavy atom. The lowest BCUT2D eigenvalue weighted by Crippen LogP contribution is -2.08. The standard InChI is InChI=1S/C7H11N3O/c1-5-9-7(10-11-5)6-2-3-8-4-6/h6,8H,2-4H2,1H3/t6-/m0/s1. The van der Waals surface area contributed by atoms with Gasteiger partial charge in [-0.1, -0.05) is 5.16 Å². The van der Waals surface area contributed by atoms with Crippen LogP contribution in [0.3, 0.4) is 0 Å². The van der Waals surface area contributed by atoms with Crippen LogP contribution in [0.4, 0.5) is 0 Å². The Kier molecular flexibility index (Phi) is 1.62. The molecule has 0 unspecified atom stereocenters. The van der Waals surface area contributed by atoms with Gasteiger partial charge < -0.3 is 9.84 Å². The van der Waals surface area contributed by atoms with Crippen LogP contribution < -0.4 is 5.32 Å². The predicted molar refractivity (Wildman–Crippen MR) is 39.3 cm³/mol. The minimum Gasteiger partial charge on any atom is -0.340 e. The summed E-state index contributed by atoms with van der Waals surface area (Å²) in [7, 11) is 0. The maximum atomic E-state index is 4.89. The molecular formula is C7H11N3O. The summed E-state index contributed by atoms with van der Waals surface area (Å²) in [4.78, 5) is 4.17. The predicted octanol–water partition coefficient (Wildman–Crippen LogP) is 0.455. The van der Waals surface area contributed by atoms with Crippen molar-refractivity contribution in [2.24, 2.45) is 0 Å². The molecule has 1 atom stereocenters. The average Bonchev–Trinajstić information content (AvgIpc) is 2.55. The van der Waals surface area contributed by atoms with Crippen molar-refractivity contribution in [2.75, 3.05) is 13.1 Å². The van der Waals surface area contributed by atoms with Gasteiger partial charge in [0.2, 0.25) is 5.89 Å². The molecule has 1 aliphatic heterocycles. The largest absolute Gasteiger partial charge is 0.340 e. The van der Waals surface area contributed by atoms with E-state index in [-0.39, 0.29) is 0 Å². The molecule has 0 aliphatic carbocycles. The molecule has 0 spiro atoms. The lowest BCUT2D eigenvalue weighted by Gasteiger charge is -1.98. The molecule has 0 saturated carbocycles. The average molecular weight is 153 g/mol. The number of rotatable bonds is 1. The maximum Gasteiger partial charge on any atom is 0.223 e. The van der Waals surface area contributed by atoms with E-state index in [4.69, 9.17) is 4.52 Å². The Hall–Kier alpha value is -0.900. The number of nitrogens with one attached hydrogen (secondary N) is 1. The van der Waals surface area contributed by atoms with E-state index < -0.39 is 0 Å². The topological polar surface area (TPSA) is 51.0 Å². The Morgan fingerprint density at radius 3 is 3.09 bits per heavy atom. The molecule has 0 amide bonds. The number of hydrogen-bond acceptors (Lipinski definition) is 4. The van der Waals surface area contributed by atoms with Gasteiger partial charge in [-0.05, 0) is 13.0 Å². The number of aromatic nitrogens is 2. The second-order valence-corrected chi connectivity index (χ2v) is 2.86. The van der Waals surface area contributed by atoms with E-state index in [0.29, 0.717) is 11.8 Å². The van der Waals surface area contributed by atoms with E-state index in [0.717, 1.165) is 25.3 Å². The first-order chi connectivity index (χ1) is 5.36. The minimum absolute atomic E-state index is 0.465. The summed E-state index contributed by atoms with van der Waals surface area (Å²) in [6, 6.07) is 0. The van der Waals surface area contributed by atoms with Crippen molar-refractivity contribution < 1.29 is 4.52 Å². The molecule has 2 rings (SSSR count). The third-order valence-electron chi connectivity index (χ3n) is 1.97. The van der Waals surface area contributed by atoms with Crippen LogP contribution in [0.2, 0.25) is 0 Å². The molecule has 1 aromatic heterocycles. The third kappa shape index (κ3) is 1.26. The van der Waals surface area contributed by atoms with Crippen molar-refractivity contribution in [2.45, 2.75) is 19.3 Å². The van der Waals surface area contributed by atoms with Gasteiger partial charge in [0.25, 0.3) is 0 Å². The van der Waals surface area contributed by atoms with Gasteiger partial charge in [-0.25, -0.2) is 0 Å². The van der Waals surface area contributed by atoms with Crippen LogP contribution in [0.15, 0.2) is 4.52 Å². The molecule has 0 aromatic carbocycles. The zero-order valence-corrected chi connectivity index (χ0v) is 6.50. The molecule has 1 aliphatic rings. The van der Waals surface area contributed by atoms with Gasteiger partial charge in [0, 0.05) is 19.4 Å². The van der Waals surface area contributed by atoms with Crippen LogP contribution in [-0.4, -0.2) is 23.2 Å². The van der Waals surface area contributed by atoms with Crippen molar-refractivity contribution in [3.63, 3.8) is 0 Å². The fourth-order valence-corrected chi connectivity index (χ4v) is 1.36. The first-order valence-corrected chi connectivity index (χ1v) is 3.87. The summed E-state index contributed by atoms with van der Waals surface area (Å²) < 4.78 is 4.89. The van der Waals surface area contributed by atoms with Crippen molar-refractivity contribution in [1.82, 2.24) is 15.5 Å². The fourth-order valence-electron chi connectivity index (χ4n) is 1.36. The summed E-state index contributed by atoms with van der Waals surface area (Å²) in [6.07, 6.45) is 1.12. The highest BCUT2D eigenvalue weighted by Gasteiger charge is 2.20. The van der Waals surface area contributed by atoms with Gasteiger partial charge in [0.15, 0.2) is 5.82 Å². The normalized spacial score (nSPS) is 24.3. The summed E-state index contributed by atoms with van der Waals surface area (Å²) in [5.41, 5.74) is 0. The highest BCUT2D eigenvalue weighted by Crippen LogP contribution is 2.18. The molecule has 11 heavy (non-hydrogen) atoms. The minimum atomic E-state index is 0.465. The lowest BCUT2D eigenvalue weighted by molar-refractivity contribution is 0.384. The van der Waals surface area contributed by atoms with Crippen molar-refractivity contribution >= 4 is 0 Å². The Bertz CT molecular complexity index is 240. The third-order valence-corrected chi connectivity index (χ3v) is 1.97. The molecule has 4 heteroatoms. The van der Waals surface area contributed by atoms with E-state index in [9.17, 15) is 0 Å². The lowest BCUT2D eigenvalue weighted by atomic mass is 10.1. The van der Waals surface area contributed by atoms with Crippen LogP contribution in [0.25, 0.3) is 0 Å². The highest BCUT2D eigenvalue weighted by molar-refractivity contribution is 4.98. The molecule has 4 nitrogen and oxygen atoms in total. The number of hydrogen-bond donors (Lipinski definition) is 1. The Labute approximate surface area is 65.0 Å². The zero-order valence-electron chi connectivity index (χ0n) is 6.50. The molecule has 1 aromatic rings. The van der Waals surface area contributed by atoms with Crippen LogP contribution in [0.5, 0.6) is 0 Å². The van der Waals surface area contributed by atoms with Crippen molar-refractivity contribution in [1.29, 1.82) is 0 Å². The quantitative estimate of drug-likeness (QED) is 0.636. The molecule has 1 N–H and O–H groups in total. The van der Waals surface area contributed by atoms with Gasteiger partial charge in [0.05, 0.1) is 0 Å². The summed E-state index contributed by atoms with van der Waals surface area (Å²) in [6.45, 7) is 3.87. The van der Waals surface area contributed by atoms with Gasteiger partial charge in [-0.15, -0.1) is 0 Å². The molecule has 2 heterocycles. The van der Waals surface area contributed by atoms with E-state index in [1.807, 2.05) is 6.92 Å². The van der Waals surface area contributed by atoms with Gasteiger partial charge in [-0.2, -0.15) is 4.98 Å². The van der Waals surface area contributed by atoms with E-state index >= 15 is 0 Å². The first kappa shape index (κ1) is 6.79. The number of nitrogens with zero attached hydrogens (tertiary/aromatic N) is 2. The van der Waals surface area contributed by atoms with Gasteiger partial charge >= 0.3 is 0 Å². The Balaban J connectivity index is 2.15. The molecular weight excluding hydrogens is 142 g/mol. The van der Waals surface area contributed by atoms with E-state index in [1.165, 1.54) is 0 Å². The maximum absolute atomic E-state index is 4.89. The summed E-state index contributed by atoms with van der Waals surface area (Å²) >= 11 is 0. The van der Waals surface area contributed by atoms with Crippen molar-refractivity contribution in [3.8, 4) is 0 Å². The molecule has 0 bridgehead atoms. The molecule has 0 radical (unpaired) electrons. The van der Waals surface area contributed by atoms with Crippen LogP contribution in [0, 0.1) is 6.92 Å². The van der Waals surface area contributed by atoms with Crippen LogP contribution in [-0.2, 0) is 0 Å². The summed E-state index contributed by atoms with van der Waals surface area (Å²) in [5, 5.41) is 7.13. The molecule has 1 fully saturated rings. The van der Waals surface area contributed by atoms with Gasteiger partial charge in [-0.3, -0.25) is 0 Å². The van der Waals surface area contributed by atoms with E-state index in [2.05, 4.69) is 15.5 Å². The monoisotopic (exact) mass is 153 g/mol. The molecule has 1 saturated heterocycles. The first-order valence-electron chi connectivity index (χ1n) is 3.87. The van der Waals surface area contributed by atoms with Crippen molar-refractivity contribution in [3.05, 3.63) is 11.7 Å². The SMILES string of the molecule is Cc1nc([C@H]2CCNC2)no1. The smallest absolute Gasteiger partial charge is 0.223 e. The van der Waals surface area contributed by atoms with Crippen LogP contribution in [0.1, 0.15) is 24.1 Å². The second kappa shape index (κ2) is 2.62.